The van der Waals surface area contributed by atoms with Crippen LogP contribution in [-0.2, 0) is 4.74 Å². The highest BCUT2D eigenvalue weighted by Crippen LogP contribution is 2.28. The number of halogens is 1. The molecule has 0 fully saturated rings. The first-order valence-electron chi connectivity index (χ1n) is 8.78. The van der Waals surface area contributed by atoms with Crippen molar-refractivity contribution in [3.8, 4) is 17.2 Å². The SMILES string of the molecule is COc1ccc(C(=O)COC(=O)c2cnc(SC)n2-c2ccc(F)cc2)cc1OC. The molecule has 0 saturated heterocycles. The number of ether oxygens (including phenoxy) is 3. The van der Waals surface area contributed by atoms with E-state index in [1.807, 2.05) is 0 Å². The Morgan fingerprint density at radius 2 is 1.77 bits per heavy atom. The smallest absolute Gasteiger partial charge is 0.357 e. The Bertz CT molecular complexity index is 1070. The minimum Gasteiger partial charge on any atom is -0.493 e. The molecule has 0 aliphatic carbocycles. The lowest BCUT2D eigenvalue weighted by molar-refractivity contribution is 0.0466. The van der Waals surface area contributed by atoms with Gasteiger partial charge in [-0.2, -0.15) is 0 Å². The van der Waals surface area contributed by atoms with Crippen molar-refractivity contribution in [1.29, 1.82) is 0 Å². The second kappa shape index (κ2) is 9.45. The Morgan fingerprint density at radius 3 is 2.40 bits per heavy atom. The number of thioether (sulfide) groups is 1. The Hall–Kier alpha value is -3.33. The molecule has 0 spiro atoms. The molecule has 9 heteroatoms. The third-order valence-corrected chi connectivity index (χ3v) is 4.90. The number of aromatic nitrogens is 2. The van der Waals surface area contributed by atoms with Gasteiger partial charge in [-0.15, -0.1) is 0 Å². The van der Waals surface area contributed by atoms with E-state index in [9.17, 15) is 14.0 Å². The lowest BCUT2D eigenvalue weighted by Gasteiger charge is -2.11. The quantitative estimate of drug-likeness (QED) is 0.306. The van der Waals surface area contributed by atoms with E-state index in [-0.39, 0.29) is 5.69 Å². The van der Waals surface area contributed by atoms with Crippen molar-refractivity contribution in [3.63, 3.8) is 0 Å². The van der Waals surface area contributed by atoms with E-state index in [2.05, 4.69) is 4.98 Å². The van der Waals surface area contributed by atoms with E-state index in [0.717, 1.165) is 0 Å². The molecule has 3 aromatic rings. The third kappa shape index (κ3) is 4.46. The highest BCUT2D eigenvalue weighted by molar-refractivity contribution is 7.98. The van der Waals surface area contributed by atoms with Crippen molar-refractivity contribution in [3.05, 3.63) is 65.7 Å². The van der Waals surface area contributed by atoms with Crippen LogP contribution in [0.4, 0.5) is 4.39 Å². The van der Waals surface area contributed by atoms with Gasteiger partial charge in [-0.3, -0.25) is 9.36 Å². The molecule has 0 N–H and O–H groups in total. The summed E-state index contributed by atoms with van der Waals surface area (Å²) in [4.78, 5) is 29.3. The number of nitrogens with zero attached hydrogens (tertiary/aromatic N) is 2. The molecule has 156 valence electrons. The molecule has 0 saturated carbocycles. The number of benzene rings is 2. The van der Waals surface area contributed by atoms with Gasteiger partial charge in [0.25, 0.3) is 0 Å². The average molecular weight is 430 g/mol. The predicted molar refractivity (Wildman–Crippen MR) is 109 cm³/mol. The molecule has 0 aliphatic rings. The van der Waals surface area contributed by atoms with Crippen molar-refractivity contribution in [2.75, 3.05) is 27.1 Å². The molecular formula is C21H19FN2O5S. The highest BCUT2D eigenvalue weighted by Gasteiger charge is 2.21. The minimum atomic E-state index is -0.721. The van der Waals surface area contributed by atoms with Gasteiger partial charge in [0.05, 0.1) is 20.4 Å². The molecular weight excluding hydrogens is 411 g/mol. The molecule has 1 aromatic heterocycles. The first-order chi connectivity index (χ1) is 14.5. The summed E-state index contributed by atoms with van der Waals surface area (Å²) in [5, 5.41) is 0.528. The first kappa shape index (κ1) is 21.4. The number of ketones is 1. The number of carbonyl (C=O) groups is 2. The fraction of sp³-hybridized carbons (Fsp3) is 0.190. The van der Waals surface area contributed by atoms with E-state index in [4.69, 9.17) is 14.2 Å². The molecule has 2 aromatic carbocycles. The maximum absolute atomic E-state index is 13.3. The summed E-state index contributed by atoms with van der Waals surface area (Å²) in [6.45, 7) is -0.461. The van der Waals surface area contributed by atoms with Crippen molar-refractivity contribution < 1.29 is 28.2 Å². The number of imidazole rings is 1. The number of methoxy groups -OCH3 is 2. The Balaban J connectivity index is 1.78. The van der Waals surface area contributed by atoms with E-state index in [1.54, 1.807) is 23.0 Å². The molecule has 3 rings (SSSR count). The second-order valence-electron chi connectivity index (χ2n) is 6.01. The van der Waals surface area contributed by atoms with Crippen LogP contribution in [0.15, 0.2) is 53.8 Å². The zero-order valence-corrected chi connectivity index (χ0v) is 17.4. The lowest BCUT2D eigenvalue weighted by atomic mass is 10.1. The van der Waals surface area contributed by atoms with Gasteiger partial charge in [0.2, 0.25) is 0 Å². The van der Waals surface area contributed by atoms with Crippen LogP contribution in [0.3, 0.4) is 0 Å². The monoisotopic (exact) mass is 430 g/mol. The van der Waals surface area contributed by atoms with E-state index < -0.39 is 24.2 Å². The molecule has 0 unspecified atom stereocenters. The first-order valence-corrected chi connectivity index (χ1v) is 10.0. The van der Waals surface area contributed by atoms with Crippen molar-refractivity contribution in [2.24, 2.45) is 0 Å². The standard InChI is InChI=1S/C21H19FN2O5S/c1-27-18-9-4-13(10-19(18)28-2)17(25)12-29-20(26)16-11-23-21(30-3)24(16)15-7-5-14(22)6-8-15/h4-11H,12H2,1-3H3. The van der Waals surface area contributed by atoms with Crippen molar-refractivity contribution in [1.82, 2.24) is 9.55 Å². The van der Waals surface area contributed by atoms with Crippen LogP contribution in [0.25, 0.3) is 5.69 Å². The number of esters is 1. The van der Waals surface area contributed by atoms with Gasteiger partial charge < -0.3 is 14.2 Å². The van der Waals surface area contributed by atoms with Gasteiger partial charge in [0.15, 0.2) is 34.7 Å². The summed E-state index contributed by atoms with van der Waals surface area (Å²) in [6, 6.07) is 10.3. The molecule has 0 radical (unpaired) electrons. The fourth-order valence-electron chi connectivity index (χ4n) is 2.76. The average Bonchev–Trinajstić information content (AvgIpc) is 3.21. The predicted octanol–water partition coefficient (Wildman–Crippen LogP) is 3.79. The number of hydrogen-bond acceptors (Lipinski definition) is 7. The second-order valence-corrected chi connectivity index (χ2v) is 6.78. The van der Waals surface area contributed by atoms with Gasteiger partial charge in [0.1, 0.15) is 5.82 Å². The molecule has 1 heterocycles. The largest absolute Gasteiger partial charge is 0.493 e. The summed E-state index contributed by atoms with van der Waals surface area (Å²) in [7, 11) is 2.96. The zero-order chi connectivity index (χ0) is 21.7. The summed E-state index contributed by atoms with van der Waals surface area (Å²) < 4.78 is 30.4. The summed E-state index contributed by atoms with van der Waals surface area (Å²) in [5.74, 6) is -0.634. The molecule has 0 aliphatic heterocycles. The molecule has 7 nitrogen and oxygen atoms in total. The number of hydrogen-bond donors (Lipinski definition) is 0. The number of rotatable bonds is 8. The zero-order valence-electron chi connectivity index (χ0n) is 16.5. The number of carbonyl (C=O) groups excluding carboxylic acids is 2. The normalized spacial score (nSPS) is 10.5. The van der Waals surface area contributed by atoms with E-state index >= 15 is 0 Å². The van der Waals surface area contributed by atoms with E-state index in [1.165, 1.54) is 62.5 Å². The topological polar surface area (TPSA) is 79.7 Å². The summed E-state index contributed by atoms with van der Waals surface area (Å²) >= 11 is 1.32. The van der Waals surface area contributed by atoms with Crippen LogP contribution in [0.1, 0.15) is 20.8 Å². The van der Waals surface area contributed by atoms with Gasteiger partial charge >= 0.3 is 5.97 Å². The van der Waals surface area contributed by atoms with Gasteiger partial charge in [-0.25, -0.2) is 14.2 Å². The number of Topliss-reactive ketones (excluding diaryl/α,β-unsaturated/α-hetero) is 1. The van der Waals surface area contributed by atoms with Crippen molar-refractivity contribution in [2.45, 2.75) is 5.16 Å². The highest BCUT2D eigenvalue weighted by atomic mass is 32.2. The van der Waals surface area contributed by atoms with Crippen molar-refractivity contribution >= 4 is 23.5 Å². The maximum atomic E-state index is 13.3. The van der Waals surface area contributed by atoms with Crippen LogP contribution < -0.4 is 9.47 Å². The summed E-state index contributed by atoms with van der Waals surface area (Å²) in [6.07, 6.45) is 3.16. The van der Waals surface area contributed by atoms with Crippen LogP contribution in [0.2, 0.25) is 0 Å². The Kier molecular flexibility index (Phi) is 6.73. The van der Waals surface area contributed by atoms with Gasteiger partial charge in [-0.1, -0.05) is 11.8 Å². The Labute approximate surface area is 176 Å². The van der Waals surface area contributed by atoms with Crippen LogP contribution in [0, 0.1) is 5.82 Å². The van der Waals surface area contributed by atoms with Gasteiger partial charge in [-0.05, 0) is 48.7 Å². The maximum Gasteiger partial charge on any atom is 0.357 e. The molecule has 0 amide bonds. The molecule has 30 heavy (non-hydrogen) atoms. The minimum absolute atomic E-state index is 0.131. The van der Waals surface area contributed by atoms with Gasteiger partial charge in [0, 0.05) is 11.3 Å². The lowest BCUT2D eigenvalue weighted by Crippen LogP contribution is -2.17. The Morgan fingerprint density at radius 1 is 1.07 bits per heavy atom. The third-order valence-electron chi connectivity index (χ3n) is 4.25. The van der Waals surface area contributed by atoms with Crippen LogP contribution in [-0.4, -0.2) is 48.4 Å². The molecule has 0 atom stereocenters. The van der Waals surface area contributed by atoms with Crippen LogP contribution in [0.5, 0.6) is 11.5 Å². The molecule has 0 bridgehead atoms. The fourth-order valence-corrected chi connectivity index (χ4v) is 3.31. The van der Waals surface area contributed by atoms with E-state index in [0.29, 0.717) is 27.9 Å². The summed E-state index contributed by atoms with van der Waals surface area (Å²) in [5.41, 5.74) is 1.000. The van der Waals surface area contributed by atoms with Crippen LogP contribution >= 0.6 is 11.8 Å².